The molecule has 0 fully saturated rings. The third-order valence-corrected chi connectivity index (χ3v) is 20.3. The average Bonchev–Trinajstić information content (AvgIpc) is 3.71. The number of hydrogen-bond acceptors (Lipinski definition) is 2. The molecule has 0 saturated heterocycles. The maximum Gasteiger partial charge on any atom is 0.256 e. The van der Waals surface area contributed by atoms with Crippen molar-refractivity contribution in [3.8, 4) is 17.2 Å². The second kappa shape index (κ2) is 16.4. The molecule has 0 amide bonds. The molecule has 0 saturated carbocycles. The van der Waals surface area contributed by atoms with Gasteiger partial charge >= 0.3 is 0 Å². The third-order valence-electron chi connectivity index (χ3n) is 15.5. The van der Waals surface area contributed by atoms with Gasteiger partial charge in [0.2, 0.25) is 0 Å². The van der Waals surface area contributed by atoms with Crippen molar-refractivity contribution in [2.24, 2.45) is 0 Å². The summed E-state index contributed by atoms with van der Waals surface area (Å²) in [6.07, 6.45) is 0. The van der Waals surface area contributed by atoms with Gasteiger partial charge in [0.15, 0.2) is 8.07 Å². The number of aromatic nitrogens is 1. The molecule has 0 atom stereocenters. The lowest BCUT2D eigenvalue weighted by Crippen LogP contribution is -2.75. The van der Waals surface area contributed by atoms with Gasteiger partial charge in [0.25, 0.3) is 6.71 Å². The van der Waals surface area contributed by atoms with Crippen LogP contribution in [0.3, 0.4) is 0 Å². The van der Waals surface area contributed by atoms with Crippen molar-refractivity contribution in [3.05, 3.63) is 223 Å². The molecule has 0 radical (unpaired) electrons. The molecule has 3 nitrogen and oxygen atoms in total. The topological polar surface area (TPSA) is 17.4 Å². The maximum atomic E-state index is 7.39. The zero-order valence-electron chi connectivity index (χ0n) is 42.5. The summed E-state index contributed by atoms with van der Waals surface area (Å²) in [7, 11) is -3.03. The average molecular weight is 937 g/mol. The predicted molar refractivity (Wildman–Crippen MR) is 306 cm³/mol. The number of hydrogen-bond donors (Lipinski definition) is 0. The van der Waals surface area contributed by atoms with E-state index in [1.807, 2.05) is 0 Å². The molecule has 5 heteroatoms. The van der Waals surface area contributed by atoms with Crippen LogP contribution in [-0.4, -0.2) is 19.4 Å². The van der Waals surface area contributed by atoms with E-state index in [2.05, 4.69) is 278 Å². The van der Waals surface area contributed by atoms with Crippen LogP contribution in [0.4, 0.5) is 17.1 Å². The number of benzene rings is 9. The van der Waals surface area contributed by atoms with Crippen molar-refractivity contribution in [3.63, 3.8) is 0 Å². The monoisotopic (exact) mass is 936 g/mol. The minimum absolute atomic E-state index is 0.0124. The van der Waals surface area contributed by atoms with Crippen LogP contribution in [-0.2, 0) is 16.2 Å². The molecule has 3 heterocycles. The first kappa shape index (κ1) is 44.8. The summed E-state index contributed by atoms with van der Waals surface area (Å²) < 4.78 is 9.96. The molecule has 2 aliphatic heterocycles. The lowest BCUT2D eigenvalue weighted by Gasteiger charge is -2.41. The van der Waals surface area contributed by atoms with Crippen LogP contribution in [0.25, 0.3) is 27.5 Å². The summed E-state index contributed by atoms with van der Waals surface area (Å²) in [5.74, 6) is 1.81. The van der Waals surface area contributed by atoms with E-state index in [0.717, 1.165) is 34.1 Å². The van der Waals surface area contributed by atoms with Crippen LogP contribution in [0.2, 0.25) is 0 Å². The van der Waals surface area contributed by atoms with E-state index in [1.54, 1.807) is 0 Å². The number of nitrogens with zero attached hydrogens (tertiary/aromatic N) is 2. The molecule has 0 aliphatic carbocycles. The fourth-order valence-corrected chi connectivity index (χ4v) is 16.8. The molecule has 0 unspecified atom stereocenters. The summed E-state index contributed by atoms with van der Waals surface area (Å²) in [6, 6.07) is 78.3. The Hall–Kier alpha value is -7.34. The van der Waals surface area contributed by atoms with E-state index in [4.69, 9.17) is 4.74 Å². The van der Waals surface area contributed by atoms with Crippen molar-refractivity contribution >= 4 is 90.8 Å². The SMILES string of the molecule is CC(C)(C)c1ccc(N2c3ccc(C(C)(C)C)cc3B3c4cc(C(C)(C)C)ccc4Oc4cc(-n5c6ccccc6c6cccc([Si](c7ccccc7)(c7ccccc7)c7ccccc7)c65)cc2c43)cc1. The van der Waals surface area contributed by atoms with Gasteiger partial charge in [-0.2, -0.15) is 0 Å². The predicted octanol–water partition coefficient (Wildman–Crippen LogP) is 12.5. The first-order valence-corrected chi connectivity index (χ1v) is 27.4. The highest BCUT2D eigenvalue weighted by Crippen LogP contribution is 2.45. The number of para-hydroxylation sites is 2. The normalized spacial score (nSPS) is 13.5. The Morgan fingerprint density at radius 2 is 0.930 bits per heavy atom. The van der Waals surface area contributed by atoms with E-state index in [0.29, 0.717) is 0 Å². The third kappa shape index (κ3) is 7.14. The van der Waals surface area contributed by atoms with Gasteiger partial charge in [-0.05, 0) is 106 Å². The molecule has 12 rings (SSSR count). The van der Waals surface area contributed by atoms with Gasteiger partial charge in [-0.15, -0.1) is 0 Å². The molecule has 2 aliphatic rings. The van der Waals surface area contributed by atoms with Crippen molar-refractivity contribution < 1.29 is 4.74 Å². The van der Waals surface area contributed by atoms with Gasteiger partial charge in [0.1, 0.15) is 11.5 Å². The molecule has 9 aromatic carbocycles. The minimum atomic E-state index is -3.03. The highest BCUT2D eigenvalue weighted by Gasteiger charge is 2.46. The molecule has 348 valence electrons. The van der Waals surface area contributed by atoms with Crippen LogP contribution in [0.1, 0.15) is 79.0 Å². The maximum absolute atomic E-state index is 7.39. The van der Waals surface area contributed by atoms with E-state index >= 15 is 0 Å². The molecule has 71 heavy (non-hydrogen) atoms. The lowest BCUT2D eigenvalue weighted by atomic mass is 9.33. The number of rotatable bonds is 6. The standard InChI is InChI=1S/C66H61BN2OSi/c1-64(2,3)44-32-36-47(37-33-44)68-57-38-34-45(65(4,5)6)40-54(57)67-55-41-46(66(7,8)9)35-39-59(55)70-60-43-48(42-58(68)62(60)67)69-56-30-20-19-28-52(56)53-29-21-31-61(63(53)69)71(49-22-13-10-14-23-49,50-24-15-11-16-25-50)51-26-17-12-18-27-51/h10-43H,1-9H3. The Balaban J connectivity index is 1.21. The summed E-state index contributed by atoms with van der Waals surface area (Å²) in [4.78, 5) is 2.53. The zero-order valence-corrected chi connectivity index (χ0v) is 43.5. The van der Waals surface area contributed by atoms with Gasteiger partial charge in [-0.1, -0.05) is 226 Å². The fraction of sp³-hybridized carbons (Fsp3) is 0.182. The Bertz CT molecular complexity index is 3570. The Labute approximate surface area is 421 Å². The van der Waals surface area contributed by atoms with Crippen molar-refractivity contribution in [1.29, 1.82) is 0 Å². The second-order valence-corrected chi connectivity index (χ2v) is 26.7. The molecule has 1 aromatic heterocycles. The van der Waals surface area contributed by atoms with Crippen LogP contribution in [0.15, 0.2) is 206 Å². The first-order chi connectivity index (χ1) is 34.1. The van der Waals surface area contributed by atoms with Crippen LogP contribution in [0.5, 0.6) is 11.5 Å². The Kier molecular flexibility index (Phi) is 10.3. The van der Waals surface area contributed by atoms with Gasteiger partial charge in [-0.3, -0.25) is 0 Å². The molecular weight excluding hydrogens is 876 g/mol. The molecular formula is C66H61BN2OSi. The number of anilines is 3. The van der Waals surface area contributed by atoms with E-state index in [-0.39, 0.29) is 23.0 Å². The lowest BCUT2D eigenvalue weighted by molar-refractivity contribution is 0.486. The summed E-state index contributed by atoms with van der Waals surface area (Å²) in [5, 5.41) is 7.83. The van der Waals surface area contributed by atoms with Crippen LogP contribution >= 0.6 is 0 Å². The van der Waals surface area contributed by atoms with Gasteiger partial charge in [0, 0.05) is 33.9 Å². The van der Waals surface area contributed by atoms with Gasteiger partial charge in [0.05, 0.1) is 16.7 Å². The second-order valence-electron chi connectivity index (χ2n) is 23.0. The van der Waals surface area contributed by atoms with Crippen molar-refractivity contribution in [1.82, 2.24) is 4.57 Å². The smallest absolute Gasteiger partial charge is 0.256 e. The van der Waals surface area contributed by atoms with E-state index in [9.17, 15) is 0 Å². The largest absolute Gasteiger partial charge is 0.458 e. The zero-order chi connectivity index (χ0) is 49.0. The number of ether oxygens (including phenoxy) is 1. The fourth-order valence-electron chi connectivity index (χ4n) is 11.8. The van der Waals surface area contributed by atoms with Crippen LogP contribution in [0, 0.1) is 0 Å². The van der Waals surface area contributed by atoms with Gasteiger partial charge < -0.3 is 14.2 Å². The quantitative estimate of drug-likeness (QED) is 0.122. The van der Waals surface area contributed by atoms with Crippen molar-refractivity contribution in [2.45, 2.75) is 78.6 Å². The molecule has 0 spiro atoms. The van der Waals surface area contributed by atoms with E-state index < -0.39 is 8.07 Å². The molecule has 0 bridgehead atoms. The summed E-state index contributed by atoms with van der Waals surface area (Å²) >= 11 is 0. The van der Waals surface area contributed by atoms with E-state index in [1.165, 1.54) is 75.8 Å². The molecule has 10 aromatic rings. The summed E-state index contributed by atoms with van der Waals surface area (Å²) in [5.41, 5.74) is 14.5. The highest BCUT2D eigenvalue weighted by atomic mass is 28.3. The summed E-state index contributed by atoms with van der Waals surface area (Å²) in [6.45, 7) is 20.7. The van der Waals surface area contributed by atoms with Crippen LogP contribution < -0.4 is 46.8 Å². The van der Waals surface area contributed by atoms with Crippen molar-refractivity contribution in [2.75, 3.05) is 4.90 Å². The first-order valence-electron chi connectivity index (χ1n) is 25.4. The Morgan fingerprint density at radius 1 is 0.408 bits per heavy atom. The minimum Gasteiger partial charge on any atom is -0.458 e. The number of fused-ring (bicyclic) bond motifs is 7. The molecule has 0 N–H and O–H groups in total. The Morgan fingerprint density at radius 3 is 1.52 bits per heavy atom. The van der Waals surface area contributed by atoms with Gasteiger partial charge in [-0.25, -0.2) is 0 Å². The highest BCUT2D eigenvalue weighted by molar-refractivity contribution is 7.20.